The molecule has 0 atom stereocenters. The molecule has 0 saturated heterocycles. The molecule has 56 heavy (non-hydrogen) atoms. The van der Waals surface area contributed by atoms with E-state index >= 15 is 0 Å². The number of hydrogen-bond acceptors (Lipinski definition) is 4. The third-order valence-corrected chi connectivity index (χ3v) is 13.8. The molecule has 0 amide bonds. The molecule has 2 aliphatic rings. The Bertz CT molecular complexity index is 2340. The molecule has 1 radical (unpaired) electrons. The van der Waals surface area contributed by atoms with Crippen LogP contribution in [0.5, 0.6) is 0 Å². The zero-order chi connectivity index (χ0) is 37.6. The molecule has 0 unspecified atom stereocenters. The molecule has 289 valence electrons. The summed E-state index contributed by atoms with van der Waals surface area (Å²) in [6.07, 6.45) is 20.3. The minimum Gasteiger partial charge on any atom is -0.486 e. The van der Waals surface area contributed by atoms with Gasteiger partial charge in [0.05, 0.1) is 19.4 Å². The van der Waals surface area contributed by atoms with E-state index in [4.69, 9.17) is 14.4 Å². The van der Waals surface area contributed by atoms with Gasteiger partial charge >= 0.3 is 0 Å². The Kier molecular flexibility index (Phi) is 13.1. The Morgan fingerprint density at radius 1 is 0.661 bits per heavy atom. The van der Waals surface area contributed by atoms with Crippen LogP contribution in [0.25, 0.3) is 55.8 Å². The zero-order valence-electron chi connectivity index (χ0n) is 33.1. The SMILES string of the molecule is C[Si](C)(C)c1cnc(-c2[c-]cccc2)cc1CC1CCCCC1.[Ir].[c-]1ccc2c(oc3nc(-c4ccccc4)ccc32)c1-c1cc(CC2CCCCC2)ccn1. The van der Waals surface area contributed by atoms with Crippen molar-refractivity contribution in [3.63, 3.8) is 0 Å². The second-order valence-electron chi connectivity index (χ2n) is 16.8. The number of aromatic nitrogens is 3. The van der Waals surface area contributed by atoms with Crippen LogP contribution in [0.2, 0.25) is 19.6 Å². The standard InChI is InChI=1S/C29H25N2O.C21H28NSi.Ir/c1-3-8-20(9-4-1)18-21-16-17-30-27(19-21)25-13-7-12-23-24-14-15-26(22-10-5-2-6-11-22)31-29(24)32-28(23)25;1-23(2,3)21-16-22-20(18-12-8-5-9-13-18)15-19(21)14-17-10-6-4-7-11-17;/h2,5-7,10-12,14-17,19-20H,1,3-4,8-9,18H2;5,8-9,12,15-17H,4,6-7,10-11,14H2,1-3H3;/q2*-1;. The van der Waals surface area contributed by atoms with Crippen LogP contribution in [-0.2, 0) is 32.9 Å². The predicted molar refractivity (Wildman–Crippen MR) is 231 cm³/mol. The maximum absolute atomic E-state index is 6.31. The summed E-state index contributed by atoms with van der Waals surface area (Å²) in [5, 5.41) is 3.62. The molecule has 0 N–H and O–H groups in total. The molecular formula is C50H53IrN3OSi-2. The maximum atomic E-state index is 6.31. The van der Waals surface area contributed by atoms with Gasteiger partial charge in [-0.25, -0.2) is 4.98 Å². The van der Waals surface area contributed by atoms with Gasteiger partial charge in [-0.3, -0.25) is 0 Å². The van der Waals surface area contributed by atoms with Crippen molar-refractivity contribution in [1.82, 2.24) is 15.0 Å². The minimum atomic E-state index is -1.36. The summed E-state index contributed by atoms with van der Waals surface area (Å²) >= 11 is 0. The molecule has 0 bridgehead atoms. The number of pyridine rings is 3. The summed E-state index contributed by atoms with van der Waals surface area (Å²) in [7, 11) is -1.36. The molecule has 4 heterocycles. The first kappa shape index (κ1) is 40.0. The van der Waals surface area contributed by atoms with Crippen molar-refractivity contribution < 1.29 is 24.5 Å². The topological polar surface area (TPSA) is 51.8 Å². The number of benzene rings is 3. The maximum Gasteiger partial charge on any atom is 0.216 e. The number of furan rings is 1. The molecule has 0 aliphatic heterocycles. The van der Waals surface area contributed by atoms with Gasteiger partial charge < -0.3 is 14.4 Å². The van der Waals surface area contributed by atoms with Crippen molar-refractivity contribution in [1.29, 1.82) is 0 Å². The van der Waals surface area contributed by atoms with Crippen molar-refractivity contribution in [2.45, 2.75) is 96.7 Å². The van der Waals surface area contributed by atoms with E-state index in [9.17, 15) is 0 Å². The number of rotatable bonds is 8. The summed E-state index contributed by atoms with van der Waals surface area (Å²) in [4.78, 5) is 14.3. The molecule has 2 saturated carbocycles. The molecule has 7 aromatic rings. The first-order chi connectivity index (χ1) is 26.9. The first-order valence-corrected chi connectivity index (χ1v) is 24.1. The fourth-order valence-corrected chi connectivity index (χ4v) is 10.4. The zero-order valence-corrected chi connectivity index (χ0v) is 36.5. The van der Waals surface area contributed by atoms with E-state index in [1.54, 1.807) is 10.8 Å². The largest absolute Gasteiger partial charge is 0.486 e. The molecule has 6 heteroatoms. The predicted octanol–water partition coefficient (Wildman–Crippen LogP) is 12.8. The summed E-state index contributed by atoms with van der Waals surface area (Å²) in [5.41, 5.74) is 10.4. The number of hydrogen-bond donors (Lipinski definition) is 0. The molecular weight excluding hydrogens is 879 g/mol. The quantitative estimate of drug-likeness (QED) is 0.113. The van der Waals surface area contributed by atoms with Crippen molar-refractivity contribution in [3.8, 4) is 33.8 Å². The van der Waals surface area contributed by atoms with E-state index in [-0.39, 0.29) is 20.1 Å². The second-order valence-corrected chi connectivity index (χ2v) is 21.9. The first-order valence-electron chi connectivity index (χ1n) is 20.6. The van der Waals surface area contributed by atoms with Crippen LogP contribution in [0.1, 0.15) is 75.3 Å². The Balaban J connectivity index is 0.000000178. The van der Waals surface area contributed by atoms with Gasteiger partial charge in [0, 0.05) is 43.4 Å². The third-order valence-electron chi connectivity index (χ3n) is 11.7. The monoisotopic (exact) mass is 932 g/mol. The number of nitrogens with zero attached hydrogens (tertiary/aromatic N) is 3. The van der Waals surface area contributed by atoms with Gasteiger partial charge in [0.25, 0.3) is 0 Å². The van der Waals surface area contributed by atoms with E-state index in [1.165, 1.54) is 76.2 Å². The molecule has 2 fully saturated rings. The van der Waals surface area contributed by atoms with Gasteiger partial charge in [-0.1, -0.05) is 148 Å². The Morgan fingerprint density at radius 2 is 1.39 bits per heavy atom. The third kappa shape index (κ3) is 9.48. The van der Waals surface area contributed by atoms with Gasteiger partial charge in [0.2, 0.25) is 5.71 Å². The van der Waals surface area contributed by atoms with Crippen LogP contribution in [-0.4, -0.2) is 23.0 Å². The molecule has 4 aromatic heterocycles. The van der Waals surface area contributed by atoms with Crippen molar-refractivity contribution in [3.05, 3.63) is 133 Å². The van der Waals surface area contributed by atoms with E-state index in [2.05, 4.69) is 104 Å². The molecule has 9 rings (SSSR count). The molecule has 2 aliphatic carbocycles. The van der Waals surface area contributed by atoms with Crippen LogP contribution >= 0.6 is 0 Å². The van der Waals surface area contributed by atoms with Crippen molar-refractivity contribution in [2.75, 3.05) is 0 Å². The van der Waals surface area contributed by atoms with Crippen molar-refractivity contribution >= 4 is 35.3 Å². The van der Waals surface area contributed by atoms with Gasteiger partial charge in [0.15, 0.2) is 0 Å². The summed E-state index contributed by atoms with van der Waals surface area (Å²) in [5.74, 6) is 1.67. The van der Waals surface area contributed by atoms with Gasteiger partial charge in [-0.15, -0.1) is 54.1 Å². The smallest absolute Gasteiger partial charge is 0.216 e. The summed E-state index contributed by atoms with van der Waals surface area (Å²) < 4.78 is 6.31. The molecule has 4 nitrogen and oxygen atoms in total. The van der Waals surface area contributed by atoms with Gasteiger partial charge in [-0.05, 0) is 59.5 Å². The average Bonchev–Trinajstić information content (AvgIpc) is 3.60. The van der Waals surface area contributed by atoms with Crippen LogP contribution < -0.4 is 5.19 Å². The fourth-order valence-electron chi connectivity index (χ4n) is 8.79. The second kappa shape index (κ2) is 18.4. The van der Waals surface area contributed by atoms with Crippen LogP contribution in [0.3, 0.4) is 0 Å². The number of fused-ring (bicyclic) bond motifs is 3. The van der Waals surface area contributed by atoms with E-state index in [1.807, 2.05) is 42.6 Å². The van der Waals surface area contributed by atoms with E-state index in [0.717, 1.165) is 68.4 Å². The summed E-state index contributed by atoms with van der Waals surface area (Å²) in [6, 6.07) is 40.0. The van der Waals surface area contributed by atoms with Gasteiger partial charge in [-0.2, -0.15) is 0 Å². The Morgan fingerprint density at radius 3 is 2.11 bits per heavy atom. The fraction of sp³-hybridized carbons (Fsp3) is 0.340. The average molecular weight is 932 g/mol. The Hall–Kier alpha value is -4.22. The van der Waals surface area contributed by atoms with Crippen molar-refractivity contribution in [2.24, 2.45) is 11.8 Å². The molecule has 3 aromatic carbocycles. The van der Waals surface area contributed by atoms with Gasteiger partial charge in [0.1, 0.15) is 0 Å². The Labute approximate surface area is 348 Å². The minimum absolute atomic E-state index is 0. The summed E-state index contributed by atoms with van der Waals surface area (Å²) in [6.45, 7) is 7.30. The van der Waals surface area contributed by atoms with Crippen LogP contribution in [0.15, 0.2) is 114 Å². The van der Waals surface area contributed by atoms with E-state index in [0.29, 0.717) is 5.71 Å². The van der Waals surface area contributed by atoms with Crippen LogP contribution in [0, 0.1) is 24.0 Å². The van der Waals surface area contributed by atoms with Crippen LogP contribution in [0.4, 0.5) is 0 Å². The molecule has 0 spiro atoms. The normalized spacial score (nSPS) is 15.3. The van der Waals surface area contributed by atoms with E-state index < -0.39 is 8.07 Å².